The molecule has 0 saturated carbocycles. The highest BCUT2D eigenvalue weighted by Gasteiger charge is 2.34. The molecule has 2 aliphatic rings. The zero-order valence-corrected chi connectivity index (χ0v) is 20.9. The van der Waals surface area contributed by atoms with E-state index in [0.29, 0.717) is 41.7 Å². The van der Waals surface area contributed by atoms with Crippen LogP contribution in [0.15, 0.2) is 40.0 Å². The van der Waals surface area contributed by atoms with Gasteiger partial charge >= 0.3 is 0 Å². The van der Waals surface area contributed by atoms with Gasteiger partial charge in [-0.2, -0.15) is 0 Å². The summed E-state index contributed by atoms with van der Waals surface area (Å²) >= 11 is 4.90. The third kappa shape index (κ3) is 4.83. The number of anilines is 1. The summed E-state index contributed by atoms with van der Waals surface area (Å²) in [7, 11) is 1.59. The van der Waals surface area contributed by atoms with E-state index in [1.165, 1.54) is 22.5 Å². The molecule has 7 nitrogen and oxygen atoms in total. The van der Waals surface area contributed by atoms with Crippen LogP contribution >= 0.6 is 27.3 Å². The van der Waals surface area contributed by atoms with Gasteiger partial charge in [-0.05, 0) is 57.6 Å². The van der Waals surface area contributed by atoms with Gasteiger partial charge in [0.15, 0.2) is 5.13 Å². The molecule has 2 aromatic rings. The Balaban J connectivity index is 1.34. The zero-order chi connectivity index (χ0) is 22.8. The number of methoxy groups -OCH3 is 1. The van der Waals surface area contributed by atoms with Crippen LogP contribution < -0.4 is 15.0 Å². The van der Waals surface area contributed by atoms with E-state index in [9.17, 15) is 9.59 Å². The van der Waals surface area contributed by atoms with Crippen molar-refractivity contribution in [2.45, 2.75) is 20.3 Å². The molecule has 2 aliphatic heterocycles. The van der Waals surface area contributed by atoms with Crippen LogP contribution in [0.25, 0.3) is 0 Å². The number of amides is 2. The highest BCUT2D eigenvalue weighted by molar-refractivity contribution is 9.10. The first kappa shape index (κ1) is 22.8. The normalized spacial score (nSPS) is 15.5. The number of benzene rings is 1. The summed E-state index contributed by atoms with van der Waals surface area (Å²) in [5.74, 6) is 1.15. The number of aromatic nitrogens is 1. The van der Waals surface area contributed by atoms with Crippen molar-refractivity contribution in [1.82, 2.24) is 15.2 Å². The monoisotopic (exact) mass is 518 g/mol. The second kappa shape index (κ2) is 9.62. The Labute approximate surface area is 200 Å². The number of rotatable bonds is 7. The Morgan fingerprint density at radius 3 is 2.59 bits per heavy atom. The number of nitrogens with zero attached hydrogens (tertiary/aromatic N) is 3. The molecular formula is C23H27BrN4O3S. The molecule has 0 atom stereocenters. The molecule has 2 amide bonds. The summed E-state index contributed by atoms with van der Waals surface area (Å²) in [5.41, 5.74) is 3.13. The lowest BCUT2D eigenvalue weighted by molar-refractivity contribution is 0.0793. The predicted octanol–water partition coefficient (Wildman–Crippen LogP) is 3.96. The summed E-state index contributed by atoms with van der Waals surface area (Å²) in [6.07, 6.45) is 2.62. The lowest BCUT2D eigenvalue weighted by atomic mass is 10.1. The molecule has 0 spiro atoms. The van der Waals surface area contributed by atoms with Crippen LogP contribution in [0.1, 0.15) is 40.3 Å². The van der Waals surface area contributed by atoms with Crippen LogP contribution in [0.3, 0.4) is 0 Å². The van der Waals surface area contributed by atoms with Crippen LogP contribution in [-0.2, 0) is 0 Å². The summed E-state index contributed by atoms with van der Waals surface area (Å²) in [5, 5.41) is 3.82. The van der Waals surface area contributed by atoms with Crippen LogP contribution in [0.5, 0.6) is 5.75 Å². The largest absolute Gasteiger partial charge is 0.497 e. The number of carbonyl (C=O) groups excluding carboxylic acids is 2. The maximum absolute atomic E-state index is 13.1. The second-order valence-corrected chi connectivity index (χ2v) is 10.4. The minimum atomic E-state index is -0.0604. The lowest BCUT2D eigenvalue weighted by Gasteiger charge is -2.23. The molecule has 0 aliphatic carbocycles. The lowest BCUT2D eigenvalue weighted by Crippen LogP contribution is -2.34. The molecule has 1 aromatic carbocycles. The quantitative estimate of drug-likeness (QED) is 0.561. The van der Waals surface area contributed by atoms with Crippen LogP contribution in [0.4, 0.5) is 5.13 Å². The predicted molar refractivity (Wildman–Crippen MR) is 130 cm³/mol. The van der Waals surface area contributed by atoms with Crippen LogP contribution in [0.2, 0.25) is 0 Å². The number of thiazole rings is 1. The average Bonchev–Trinajstić information content (AvgIpc) is 3.48. The first-order chi connectivity index (χ1) is 15.4. The minimum Gasteiger partial charge on any atom is -0.497 e. The molecule has 1 aromatic heterocycles. The molecule has 170 valence electrons. The average molecular weight is 519 g/mol. The maximum Gasteiger partial charge on any atom is 0.263 e. The van der Waals surface area contributed by atoms with E-state index < -0.39 is 0 Å². The van der Waals surface area contributed by atoms with Crippen molar-refractivity contribution in [2.24, 2.45) is 5.92 Å². The molecule has 0 fully saturated rings. The maximum atomic E-state index is 13.1. The molecule has 3 heterocycles. The van der Waals surface area contributed by atoms with E-state index in [1.807, 2.05) is 17.0 Å². The molecule has 0 unspecified atom stereocenters. The smallest absolute Gasteiger partial charge is 0.263 e. The first-order valence-corrected chi connectivity index (χ1v) is 12.3. The SMILES string of the molecule is COc1ccc(Br)c(C(=O)N2CC3=C(C2)CN(c2ncc(C(=O)NCCC(C)C)s2)C3)c1. The number of carbonyl (C=O) groups is 2. The molecule has 1 N–H and O–H groups in total. The number of ether oxygens (including phenoxy) is 1. The van der Waals surface area contributed by atoms with Gasteiger partial charge in [0.2, 0.25) is 0 Å². The number of halogens is 1. The third-order valence-electron chi connectivity index (χ3n) is 5.71. The van der Waals surface area contributed by atoms with Gasteiger partial charge in [0.05, 0.1) is 18.9 Å². The Bertz CT molecular complexity index is 1050. The zero-order valence-electron chi connectivity index (χ0n) is 18.5. The summed E-state index contributed by atoms with van der Waals surface area (Å²) in [6.45, 7) is 7.66. The van der Waals surface area contributed by atoms with Crippen molar-refractivity contribution in [3.63, 3.8) is 0 Å². The first-order valence-electron chi connectivity index (χ1n) is 10.7. The van der Waals surface area contributed by atoms with Gasteiger partial charge in [-0.15, -0.1) is 0 Å². The number of hydrogen-bond acceptors (Lipinski definition) is 6. The highest BCUT2D eigenvalue weighted by Crippen LogP contribution is 2.33. The van der Waals surface area contributed by atoms with Gasteiger partial charge in [0, 0.05) is 37.2 Å². The van der Waals surface area contributed by atoms with Crippen molar-refractivity contribution in [1.29, 1.82) is 0 Å². The van der Waals surface area contributed by atoms with Crippen LogP contribution in [0, 0.1) is 5.92 Å². The van der Waals surface area contributed by atoms with Crippen LogP contribution in [-0.4, -0.2) is 61.5 Å². The van der Waals surface area contributed by atoms with Gasteiger partial charge in [-0.3, -0.25) is 9.59 Å². The minimum absolute atomic E-state index is 0.00803. The Morgan fingerprint density at radius 1 is 1.22 bits per heavy atom. The molecule has 4 rings (SSSR count). The highest BCUT2D eigenvalue weighted by atomic mass is 79.9. The van der Waals surface area contributed by atoms with E-state index in [2.05, 4.69) is 45.0 Å². The van der Waals surface area contributed by atoms with Crippen molar-refractivity contribution >= 4 is 44.2 Å². The topological polar surface area (TPSA) is 74.8 Å². The van der Waals surface area contributed by atoms with Crippen molar-refractivity contribution in [2.75, 3.05) is 44.7 Å². The Hall–Kier alpha value is -2.39. The summed E-state index contributed by atoms with van der Waals surface area (Å²) in [4.78, 5) is 34.6. The van der Waals surface area contributed by atoms with E-state index in [4.69, 9.17) is 4.74 Å². The van der Waals surface area contributed by atoms with Crippen molar-refractivity contribution in [3.8, 4) is 5.75 Å². The summed E-state index contributed by atoms with van der Waals surface area (Å²) in [6, 6.07) is 5.43. The molecular weight excluding hydrogens is 492 g/mol. The van der Waals surface area contributed by atoms with Crippen molar-refractivity contribution < 1.29 is 14.3 Å². The fourth-order valence-corrected chi connectivity index (χ4v) is 5.15. The van der Waals surface area contributed by atoms with Gasteiger partial charge in [-0.1, -0.05) is 25.2 Å². The second-order valence-electron chi connectivity index (χ2n) is 8.52. The molecule has 0 radical (unpaired) electrons. The Morgan fingerprint density at radius 2 is 1.94 bits per heavy atom. The van der Waals surface area contributed by atoms with E-state index >= 15 is 0 Å². The number of hydrogen-bond donors (Lipinski definition) is 1. The molecule has 32 heavy (non-hydrogen) atoms. The van der Waals surface area contributed by atoms with Crippen molar-refractivity contribution in [3.05, 3.63) is 50.5 Å². The molecule has 0 bridgehead atoms. The van der Waals surface area contributed by atoms with Gasteiger partial charge in [0.25, 0.3) is 11.8 Å². The van der Waals surface area contributed by atoms with Gasteiger partial charge in [-0.25, -0.2) is 4.98 Å². The van der Waals surface area contributed by atoms with E-state index in [1.54, 1.807) is 19.4 Å². The van der Waals surface area contributed by atoms with E-state index in [-0.39, 0.29) is 11.8 Å². The standard InChI is InChI=1S/C23H27BrN4O3S/c1-14(2)6-7-25-21(29)20-9-26-23(32-20)28-12-15-10-27(11-16(15)13-28)22(30)18-8-17(31-3)4-5-19(18)24/h4-5,8-9,14H,6-7,10-13H2,1-3H3,(H,25,29). The number of nitrogens with one attached hydrogen (secondary N) is 1. The fourth-order valence-electron chi connectivity index (χ4n) is 3.90. The van der Waals surface area contributed by atoms with E-state index in [0.717, 1.165) is 29.1 Å². The molecule has 0 saturated heterocycles. The van der Waals surface area contributed by atoms with Gasteiger partial charge < -0.3 is 19.9 Å². The molecule has 9 heteroatoms. The van der Waals surface area contributed by atoms with Gasteiger partial charge in [0.1, 0.15) is 10.6 Å². The Kier molecular flexibility index (Phi) is 6.85. The third-order valence-corrected chi connectivity index (χ3v) is 7.46. The summed E-state index contributed by atoms with van der Waals surface area (Å²) < 4.78 is 6.03. The fraction of sp³-hybridized carbons (Fsp3) is 0.435.